The van der Waals surface area contributed by atoms with Crippen LogP contribution in [-0.2, 0) is 4.79 Å². The van der Waals surface area contributed by atoms with E-state index in [2.05, 4.69) is 29.2 Å². The summed E-state index contributed by atoms with van der Waals surface area (Å²) in [6, 6.07) is 10.4. The number of carbonyl (C=O) groups excluding carboxylic acids is 1. The number of aliphatic carboxylic acids is 1. The summed E-state index contributed by atoms with van der Waals surface area (Å²) in [5.41, 5.74) is 2.55. The predicted octanol–water partition coefficient (Wildman–Crippen LogP) is 3.90. The Hall–Kier alpha value is -3.22. The van der Waals surface area contributed by atoms with Gasteiger partial charge in [0.25, 0.3) is 5.91 Å². The second-order valence-corrected chi connectivity index (χ2v) is 7.38. The highest BCUT2D eigenvalue weighted by Gasteiger charge is 2.28. The molecular weight excluding hydrogens is 368 g/mol. The zero-order valence-electron chi connectivity index (χ0n) is 17.1. The Morgan fingerprint density at radius 2 is 1.90 bits per heavy atom. The number of aryl methyl sites for hydroxylation is 1. The van der Waals surface area contributed by atoms with E-state index in [0.717, 1.165) is 12.0 Å². The molecule has 0 saturated carbocycles. The van der Waals surface area contributed by atoms with Gasteiger partial charge in [0.2, 0.25) is 0 Å². The molecular formula is C22H26N4O3. The van der Waals surface area contributed by atoms with Crippen molar-refractivity contribution in [3.8, 4) is 0 Å². The maximum Gasteiger partial charge on any atom is 0.308 e. The molecule has 3 unspecified atom stereocenters. The normalized spacial score (nSPS) is 14.3. The van der Waals surface area contributed by atoms with Crippen LogP contribution in [0.4, 0.5) is 0 Å². The maximum atomic E-state index is 13.2. The first-order valence-electron chi connectivity index (χ1n) is 9.77. The van der Waals surface area contributed by atoms with Crippen molar-refractivity contribution in [1.29, 1.82) is 0 Å². The highest BCUT2D eigenvalue weighted by atomic mass is 16.4. The van der Waals surface area contributed by atoms with Crippen LogP contribution >= 0.6 is 0 Å². The molecule has 0 aliphatic rings. The monoisotopic (exact) mass is 394 g/mol. The summed E-state index contributed by atoms with van der Waals surface area (Å²) in [7, 11) is 0. The van der Waals surface area contributed by atoms with Gasteiger partial charge in [0.15, 0.2) is 5.65 Å². The molecule has 0 spiro atoms. The third-order valence-corrected chi connectivity index (χ3v) is 5.28. The first-order valence-corrected chi connectivity index (χ1v) is 9.77. The van der Waals surface area contributed by atoms with Crippen molar-refractivity contribution in [2.75, 3.05) is 0 Å². The Morgan fingerprint density at radius 1 is 1.21 bits per heavy atom. The maximum absolute atomic E-state index is 13.2. The second-order valence-electron chi connectivity index (χ2n) is 7.38. The van der Waals surface area contributed by atoms with E-state index in [4.69, 9.17) is 0 Å². The Bertz CT molecular complexity index is 1030. The van der Waals surface area contributed by atoms with Crippen LogP contribution in [0.3, 0.4) is 0 Å². The summed E-state index contributed by atoms with van der Waals surface area (Å²) in [5, 5.41) is 17.5. The zero-order valence-corrected chi connectivity index (χ0v) is 17.1. The lowest BCUT2D eigenvalue weighted by atomic mass is 9.94. The standard InChI is InChI=1S/C22H26N4O3/c1-5-14(3)26-20-18(12-23-26)17(11-13(2)24-20)21(27)25-19(15(4)22(28)29)16-9-7-6-8-10-16/h6-12,14-15,19H,5H2,1-4H3,(H,25,27)(H,28,29). The number of hydrogen-bond donors (Lipinski definition) is 2. The number of carboxylic acids is 1. The van der Waals surface area contributed by atoms with Crippen LogP contribution < -0.4 is 5.32 Å². The zero-order chi connectivity index (χ0) is 21.1. The summed E-state index contributed by atoms with van der Waals surface area (Å²) < 4.78 is 1.83. The topological polar surface area (TPSA) is 97.1 Å². The minimum Gasteiger partial charge on any atom is -0.481 e. The fraction of sp³-hybridized carbons (Fsp3) is 0.364. The van der Waals surface area contributed by atoms with Gasteiger partial charge in [-0.3, -0.25) is 9.59 Å². The van der Waals surface area contributed by atoms with Crippen molar-refractivity contribution in [1.82, 2.24) is 20.1 Å². The molecule has 0 fully saturated rings. The van der Waals surface area contributed by atoms with Crippen LogP contribution in [0, 0.1) is 12.8 Å². The molecule has 0 aliphatic heterocycles. The van der Waals surface area contributed by atoms with E-state index in [1.807, 2.05) is 41.9 Å². The highest BCUT2D eigenvalue weighted by Crippen LogP contribution is 2.26. The molecule has 1 amide bonds. The first-order chi connectivity index (χ1) is 13.8. The molecule has 2 heterocycles. The molecule has 7 heteroatoms. The van der Waals surface area contributed by atoms with E-state index in [0.29, 0.717) is 22.3 Å². The minimum atomic E-state index is -0.972. The van der Waals surface area contributed by atoms with Crippen LogP contribution in [0.25, 0.3) is 11.0 Å². The van der Waals surface area contributed by atoms with Crippen molar-refractivity contribution in [2.45, 2.75) is 46.2 Å². The van der Waals surface area contributed by atoms with Gasteiger partial charge in [-0.25, -0.2) is 9.67 Å². The van der Waals surface area contributed by atoms with Crippen LogP contribution in [0.5, 0.6) is 0 Å². The second kappa shape index (κ2) is 8.43. The van der Waals surface area contributed by atoms with E-state index in [9.17, 15) is 14.7 Å². The van der Waals surface area contributed by atoms with Gasteiger partial charge in [-0.1, -0.05) is 37.3 Å². The average Bonchev–Trinajstić information content (AvgIpc) is 3.14. The van der Waals surface area contributed by atoms with Gasteiger partial charge in [-0.15, -0.1) is 0 Å². The lowest BCUT2D eigenvalue weighted by Crippen LogP contribution is -2.35. The van der Waals surface area contributed by atoms with Crippen LogP contribution in [0.15, 0.2) is 42.6 Å². The summed E-state index contributed by atoms with van der Waals surface area (Å²) in [5.74, 6) is -2.10. The number of hydrogen-bond acceptors (Lipinski definition) is 4. The van der Waals surface area contributed by atoms with Gasteiger partial charge in [-0.05, 0) is 38.8 Å². The van der Waals surface area contributed by atoms with Crippen LogP contribution in [0.1, 0.15) is 60.9 Å². The molecule has 0 radical (unpaired) electrons. The number of nitrogens with one attached hydrogen (secondary N) is 1. The molecule has 0 bridgehead atoms. The van der Waals surface area contributed by atoms with Crippen molar-refractivity contribution < 1.29 is 14.7 Å². The highest BCUT2D eigenvalue weighted by molar-refractivity contribution is 6.05. The Kier molecular flexibility index (Phi) is 5.96. The number of rotatable bonds is 7. The number of carbonyl (C=O) groups is 2. The lowest BCUT2D eigenvalue weighted by molar-refractivity contribution is -0.142. The van der Waals surface area contributed by atoms with Gasteiger partial charge in [0.05, 0.1) is 35.1 Å². The molecule has 0 saturated heterocycles. The number of pyridine rings is 1. The quantitative estimate of drug-likeness (QED) is 0.633. The number of aromatic nitrogens is 3. The van der Waals surface area contributed by atoms with Crippen molar-refractivity contribution in [3.05, 3.63) is 59.4 Å². The molecule has 29 heavy (non-hydrogen) atoms. The van der Waals surface area contributed by atoms with Gasteiger partial charge >= 0.3 is 5.97 Å². The first kappa shape index (κ1) is 20.5. The van der Waals surface area contributed by atoms with Gasteiger partial charge in [0.1, 0.15) is 0 Å². The molecule has 2 N–H and O–H groups in total. The summed E-state index contributed by atoms with van der Waals surface area (Å²) in [6.07, 6.45) is 2.54. The summed E-state index contributed by atoms with van der Waals surface area (Å²) in [6.45, 7) is 7.54. The molecule has 0 aliphatic carbocycles. The van der Waals surface area contributed by atoms with Crippen LogP contribution in [-0.4, -0.2) is 31.7 Å². The molecule has 3 aromatic rings. The van der Waals surface area contributed by atoms with Gasteiger partial charge in [-0.2, -0.15) is 5.10 Å². The molecule has 152 valence electrons. The van der Waals surface area contributed by atoms with Crippen molar-refractivity contribution >= 4 is 22.9 Å². The molecule has 2 aromatic heterocycles. The molecule has 3 rings (SSSR count). The van der Waals surface area contributed by atoms with Crippen molar-refractivity contribution in [2.24, 2.45) is 5.92 Å². The minimum absolute atomic E-state index is 0.154. The molecule has 7 nitrogen and oxygen atoms in total. The SMILES string of the molecule is CCC(C)n1ncc2c(C(=O)NC(c3ccccc3)C(C)C(=O)O)cc(C)nc21. The summed E-state index contributed by atoms with van der Waals surface area (Å²) in [4.78, 5) is 29.4. The lowest BCUT2D eigenvalue weighted by Gasteiger charge is -2.23. The molecule has 3 atom stereocenters. The van der Waals surface area contributed by atoms with Crippen molar-refractivity contribution in [3.63, 3.8) is 0 Å². The van der Waals surface area contributed by atoms with E-state index in [1.165, 1.54) is 0 Å². The van der Waals surface area contributed by atoms with Crippen LogP contribution in [0.2, 0.25) is 0 Å². The summed E-state index contributed by atoms with van der Waals surface area (Å²) >= 11 is 0. The van der Waals surface area contributed by atoms with E-state index in [-0.39, 0.29) is 11.9 Å². The number of nitrogens with zero attached hydrogens (tertiary/aromatic N) is 3. The Labute approximate surface area is 169 Å². The number of benzene rings is 1. The Morgan fingerprint density at radius 3 is 2.52 bits per heavy atom. The molecule has 1 aromatic carbocycles. The fourth-order valence-corrected chi connectivity index (χ4v) is 3.35. The van der Waals surface area contributed by atoms with E-state index in [1.54, 1.807) is 19.2 Å². The largest absolute Gasteiger partial charge is 0.481 e. The van der Waals surface area contributed by atoms with E-state index >= 15 is 0 Å². The smallest absolute Gasteiger partial charge is 0.308 e. The average molecular weight is 394 g/mol. The van der Waals surface area contributed by atoms with Gasteiger partial charge < -0.3 is 10.4 Å². The third kappa shape index (κ3) is 4.13. The number of carboxylic acid groups (broad SMARTS) is 1. The predicted molar refractivity (Wildman–Crippen MR) is 111 cm³/mol. The Balaban J connectivity index is 2.01. The number of amides is 1. The van der Waals surface area contributed by atoms with Gasteiger partial charge in [0, 0.05) is 5.69 Å². The fourth-order valence-electron chi connectivity index (χ4n) is 3.35. The number of fused-ring (bicyclic) bond motifs is 1. The van der Waals surface area contributed by atoms with E-state index < -0.39 is 17.9 Å². The third-order valence-electron chi connectivity index (χ3n) is 5.28.